The summed E-state index contributed by atoms with van der Waals surface area (Å²) in [6.07, 6.45) is 4.18. The number of ether oxygens (including phenoxy) is 2. The highest BCUT2D eigenvalue weighted by molar-refractivity contribution is 8.25. The van der Waals surface area contributed by atoms with Crippen LogP contribution in [0.15, 0.2) is 59.8 Å². The van der Waals surface area contributed by atoms with Crippen LogP contribution in [0.5, 0.6) is 5.88 Å². The van der Waals surface area contributed by atoms with Crippen LogP contribution in [-0.4, -0.2) is 78.8 Å². The first-order chi connectivity index (χ1) is 24.2. The fourth-order valence-electron chi connectivity index (χ4n) is 6.65. The fourth-order valence-corrected chi connectivity index (χ4v) is 7.68. The number of anilines is 2. The molecule has 0 unspecified atom stereocenters. The molecule has 0 spiro atoms. The molecule has 1 fully saturated rings. The average Bonchev–Trinajstić information content (AvgIpc) is 3.09. The molecule has 0 aliphatic carbocycles. The Morgan fingerprint density at radius 3 is 2.43 bits per heavy atom. The molecular formula is C38H51N7O5S. The molecule has 4 aromatic rings. The Bertz CT molecular complexity index is 1880. The molecule has 2 aliphatic rings. The molecule has 0 radical (unpaired) electrons. The molecule has 51 heavy (non-hydrogen) atoms. The Kier molecular flexibility index (Phi) is 10.5. The second kappa shape index (κ2) is 14.7. The maximum absolute atomic E-state index is 14.6. The number of nitrogens with one attached hydrogen (secondary N) is 1. The van der Waals surface area contributed by atoms with Crippen molar-refractivity contribution in [3.05, 3.63) is 82.9 Å². The van der Waals surface area contributed by atoms with Crippen molar-refractivity contribution >= 4 is 28.3 Å². The zero-order chi connectivity index (χ0) is 36.5. The van der Waals surface area contributed by atoms with Crippen molar-refractivity contribution in [2.45, 2.75) is 78.3 Å². The molecule has 1 atom stereocenters. The van der Waals surface area contributed by atoms with Crippen molar-refractivity contribution < 1.29 is 24.8 Å². The second-order valence-electron chi connectivity index (χ2n) is 14.8. The Morgan fingerprint density at radius 2 is 1.75 bits per heavy atom. The smallest absolute Gasteiger partial charge is 0.254 e. The summed E-state index contributed by atoms with van der Waals surface area (Å²) in [5, 5.41) is 0. The molecule has 4 bridgehead atoms. The first-order valence-corrected chi connectivity index (χ1v) is 19.0. The monoisotopic (exact) mass is 717 g/mol. The van der Waals surface area contributed by atoms with E-state index < -0.39 is 16.8 Å². The number of carbonyl (C=O) groups excluding carboxylic acids is 1. The lowest BCUT2D eigenvalue weighted by molar-refractivity contribution is 0.0504. The minimum absolute atomic E-state index is 0. The van der Waals surface area contributed by atoms with Crippen molar-refractivity contribution in [3.8, 4) is 17.1 Å². The minimum Gasteiger partial charge on any atom is -0.475 e. The van der Waals surface area contributed by atoms with Crippen LogP contribution >= 0.6 is 10.8 Å². The molecule has 1 saturated heterocycles. The first-order valence-electron chi connectivity index (χ1n) is 17.4. The SMILES string of the molecule is Cc1cccc(C(C)C)c1-c1nc2nc(c1C)OC[C@@H](CC(C)(C)C)N(Cc1ncc(N3CCOCC3)cn1)C(=O)c1cccc(c1)S(O)(O)N2.[HH]. The highest BCUT2D eigenvalue weighted by Gasteiger charge is 2.33. The van der Waals surface area contributed by atoms with E-state index in [2.05, 4.69) is 65.3 Å². The number of amides is 1. The van der Waals surface area contributed by atoms with Crippen molar-refractivity contribution in [2.75, 3.05) is 42.5 Å². The van der Waals surface area contributed by atoms with Crippen LogP contribution in [0.25, 0.3) is 11.3 Å². The van der Waals surface area contributed by atoms with E-state index in [1.54, 1.807) is 35.5 Å². The predicted molar refractivity (Wildman–Crippen MR) is 203 cm³/mol. The van der Waals surface area contributed by atoms with Crippen LogP contribution in [0.3, 0.4) is 0 Å². The number of nitrogens with zero attached hydrogens (tertiary/aromatic N) is 6. The van der Waals surface area contributed by atoms with E-state index in [9.17, 15) is 13.9 Å². The third kappa shape index (κ3) is 8.27. The van der Waals surface area contributed by atoms with Gasteiger partial charge in [0.15, 0.2) is 0 Å². The molecule has 274 valence electrons. The van der Waals surface area contributed by atoms with E-state index >= 15 is 0 Å². The van der Waals surface area contributed by atoms with E-state index in [-0.39, 0.29) is 42.7 Å². The molecule has 0 saturated carbocycles. The largest absolute Gasteiger partial charge is 0.475 e. The summed E-state index contributed by atoms with van der Waals surface area (Å²) < 4.78 is 37.9. The average molecular weight is 718 g/mol. The Morgan fingerprint density at radius 1 is 1.04 bits per heavy atom. The zero-order valence-electron chi connectivity index (χ0n) is 30.5. The van der Waals surface area contributed by atoms with Gasteiger partial charge in [0.2, 0.25) is 11.8 Å². The quantitative estimate of drug-likeness (QED) is 0.180. The Hall–Kier alpha value is -4.30. The molecule has 2 aliphatic heterocycles. The Labute approximate surface area is 303 Å². The van der Waals surface area contributed by atoms with E-state index in [1.165, 1.54) is 6.07 Å². The second-order valence-corrected chi connectivity index (χ2v) is 16.6. The van der Waals surface area contributed by atoms with Crippen molar-refractivity contribution in [3.63, 3.8) is 0 Å². The summed E-state index contributed by atoms with van der Waals surface area (Å²) in [7, 11) is -3.70. The molecule has 13 heteroatoms. The van der Waals surface area contributed by atoms with Gasteiger partial charge in [0, 0.05) is 31.2 Å². The van der Waals surface area contributed by atoms with Gasteiger partial charge in [-0.1, -0.05) is 69.7 Å². The van der Waals surface area contributed by atoms with Gasteiger partial charge in [-0.25, -0.2) is 19.7 Å². The molecule has 12 nitrogen and oxygen atoms in total. The van der Waals surface area contributed by atoms with Gasteiger partial charge in [-0.2, -0.15) is 4.98 Å². The van der Waals surface area contributed by atoms with Gasteiger partial charge in [-0.05, 0) is 60.9 Å². The third-order valence-electron chi connectivity index (χ3n) is 9.25. The number of fused-ring (bicyclic) bond motifs is 4. The predicted octanol–water partition coefficient (Wildman–Crippen LogP) is 7.73. The van der Waals surface area contributed by atoms with E-state index in [1.807, 2.05) is 26.0 Å². The molecule has 2 aromatic carbocycles. The van der Waals surface area contributed by atoms with Crippen LogP contribution in [0.1, 0.15) is 81.3 Å². The summed E-state index contributed by atoms with van der Waals surface area (Å²) in [6, 6.07) is 12.1. The lowest BCUT2D eigenvalue weighted by Gasteiger charge is -2.35. The first kappa shape index (κ1) is 36.5. The van der Waals surface area contributed by atoms with Crippen LogP contribution in [-0.2, 0) is 11.3 Å². The molecule has 1 amide bonds. The van der Waals surface area contributed by atoms with Gasteiger partial charge >= 0.3 is 0 Å². The number of aromatic nitrogens is 4. The summed E-state index contributed by atoms with van der Waals surface area (Å²) >= 11 is 0. The van der Waals surface area contributed by atoms with Crippen LogP contribution < -0.4 is 14.4 Å². The van der Waals surface area contributed by atoms with Gasteiger partial charge in [-0.3, -0.25) is 13.9 Å². The number of aryl methyl sites for hydroxylation is 1. The zero-order valence-corrected chi connectivity index (χ0v) is 31.3. The topological polar surface area (TPSA) is 146 Å². The van der Waals surface area contributed by atoms with E-state index in [0.29, 0.717) is 48.2 Å². The molecule has 3 N–H and O–H groups in total. The third-order valence-corrected chi connectivity index (χ3v) is 10.6. The van der Waals surface area contributed by atoms with Gasteiger partial charge < -0.3 is 19.3 Å². The van der Waals surface area contributed by atoms with Crippen molar-refractivity contribution in [1.29, 1.82) is 0 Å². The highest BCUT2D eigenvalue weighted by atomic mass is 32.3. The summed E-state index contributed by atoms with van der Waals surface area (Å²) in [5.41, 5.74) is 5.43. The van der Waals surface area contributed by atoms with Crippen LogP contribution in [0, 0.1) is 19.3 Å². The van der Waals surface area contributed by atoms with Crippen LogP contribution in [0.4, 0.5) is 11.6 Å². The molecule has 2 aromatic heterocycles. The maximum atomic E-state index is 14.6. The summed E-state index contributed by atoms with van der Waals surface area (Å²) in [6.45, 7) is 17.6. The normalized spacial score (nSPS) is 18.6. The van der Waals surface area contributed by atoms with Crippen LogP contribution in [0.2, 0.25) is 0 Å². The van der Waals surface area contributed by atoms with Crippen molar-refractivity contribution in [1.82, 2.24) is 24.8 Å². The number of carbonyl (C=O) groups is 1. The summed E-state index contributed by atoms with van der Waals surface area (Å²) in [4.78, 5) is 37.5. The molecular weight excluding hydrogens is 667 g/mol. The molecule has 6 rings (SSSR count). The number of hydrogen-bond acceptors (Lipinski definition) is 11. The lowest BCUT2D eigenvalue weighted by Crippen LogP contribution is -2.45. The van der Waals surface area contributed by atoms with Crippen molar-refractivity contribution in [2.24, 2.45) is 5.41 Å². The Balaban J connectivity index is 0.00000523. The van der Waals surface area contributed by atoms with E-state index in [4.69, 9.17) is 14.5 Å². The van der Waals surface area contributed by atoms with Gasteiger partial charge in [0.1, 0.15) is 12.4 Å². The lowest BCUT2D eigenvalue weighted by atomic mass is 9.87. The van der Waals surface area contributed by atoms with Gasteiger partial charge in [0.25, 0.3) is 5.91 Å². The summed E-state index contributed by atoms with van der Waals surface area (Å²) in [5.74, 6) is 0.681. The number of hydrogen-bond donors (Lipinski definition) is 3. The standard InChI is InChI=1S/C38H49N7O5S.H2/c1-24(2)31-13-8-10-25(3)33(31)34-26(4)35-42-37(41-34)43-51(47,48)30-12-9-11-27(18-30)36(46)45(28(23-50-35)19-38(5,6)7)22-32-39-20-29(21-40-32)44-14-16-49-17-15-44;/h8-13,18,20-21,24,28,47-48H,14-17,19,22-23H2,1-7H3,(H,41,42,43);1H/t28-;/m1./s1. The number of benzene rings is 2. The molecule has 4 heterocycles. The van der Waals surface area contributed by atoms with E-state index in [0.717, 1.165) is 35.5 Å². The maximum Gasteiger partial charge on any atom is 0.254 e. The number of morpholine rings is 1. The minimum atomic E-state index is -3.70. The fraction of sp³-hybridized carbons (Fsp3) is 0.447. The number of rotatable bonds is 6. The highest BCUT2D eigenvalue weighted by Crippen LogP contribution is 2.48. The van der Waals surface area contributed by atoms with Gasteiger partial charge in [0.05, 0.1) is 54.5 Å². The van der Waals surface area contributed by atoms with Gasteiger partial charge in [-0.15, -0.1) is 0 Å².